The summed E-state index contributed by atoms with van der Waals surface area (Å²) in [5.74, 6) is 0.0761. The van der Waals surface area contributed by atoms with Gasteiger partial charge in [-0.25, -0.2) is 0 Å². The zero-order chi connectivity index (χ0) is 13.8. The monoisotopic (exact) mass is 253 g/mol. The van der Waals surface area contributed by atoms with Gasteiger partial charge in [0.1, 0.15) is 0 Å². The van der Waals surface area contributed by atoms with Crippen LogP contribution in [-0.2, 0) is 12.8 Å². The lowest BCUT2D eigenvalue weighted by atomic mass is 9.91. The first-order valence-electron chi connectivity index (χ1n) is 6.69. The van der Waals surface area contributed by atoms with Crippen molar-refractivity contribution < 1.29 is 4.79 Å². The summed E-state index contributed by atoms with van der Waals surface area (Å²) in [6.45, 7) is 4.14. The summed E-state index contributed by atoms with van der Waals surface area (Å²) in [6, 6.07) is 13.1. The fourth-order valence-electron chi connectivity index (χ4n) is 2.49. The molecule has 2 aromatic carbocycles. The van der Waals surface area contributed by atoms with Crippen molar-refractivity contribution >= 4 is 11.5 Å². The normalized spacial score (nSPS) is 10.4. The zero-order valence-electron chi connectivity index (χ0n) is 11.4. The molecule has 0 saturated carbocycles. The molecule has 0 aliphatic heterocycles. The van der Waals surface area contributed by atoms with Crippen LogP contribution in [0.2, 0.25) is 0 Å². The van der Waals surface area contributed by atoms with Crippen molar-refractivity contribution in [3.8, 4) is 0 Å². The molecular formula is C17H19NO. The van der Waals surface area contributed by atoms with Crippen LogP contribution < -0.4 is 5.73 Å². The molecule has 0 bridgehead atoms. The van der Waals surface area contributed by atoms with Gasteiger partial charge in [0.05, 0.1) is 0 Å². The molecule has 2 heteroatoms. The van der Waals surface area contributed by atoms with Gasteiger partial charge in [0, 0.05) is 16.8 Å². The summed E-state index contributed by atoms with van der Waals surface area (Å²) in [5, 5.41) is 0. The van der Waals surface area contributed by atoms with Gasteiger partial charge in [0.15, 0.2) is 5.78 Å². The molecule has 2 nitrogen and oxygen atoms in total. The third-order valence-electron chi connectivity index (χ3n) is 3.46. The van der Waals surface area contributed by atoms with Crippen LogP contribution in [0.25, 0.3) is 0 Å². The lowest BCUT2D eigenvalue weighted by Gasteiger charge is -2.14. The summed E-state index contributed by atoms with van der Waals surface area (Å²) in [7, 11) is 0. The molecule has 0 saturated heterocycles. The number of rotatable bonds is 4. The SMILES string of the molecule is CCc1c(N)ccc(C(=O)c2ccccc2)c1CC. The van der Waals surface area contributed by atoms with Crippen LogP contribution in [0.4, 0.5) is 5.69 Å². The number of benzene rings is 2. The van der Waals surface area contributed by atoms with E-state index in [9.17, 15) is 4.79 Å². The third-order valence-corrected chi connectivity index (χ3v) is 3.46. The first-order chi connectivity index (χ1) is 9.19. The highest BCUT2D eigenvalue weighted by molar-refractivity contribution is 6.10. The second kappa shape index (κ2) is 5.70. The Balaban J connectivity index is 2.54. The Kier molecular flexibility index (Phi) is 4.00. The first-order valence-corrected chi connectivity index (χ1v) is 6.69. The van der Waals surface area contributed by atoms with E-state index in [1.165, 1.54) is 0 Å². The Hall–Kier alpha value is -2.09. The van der Waals surface area contributed by atoms with E-state index in [0.29, 0.717) is 0 Å². The molecule has 2 aromatic rings. The summed E-state index contributed by atoms with van der Waals surface area (Å²) < 4.78 is 0. The van der Waals surface area contributed by atoms with Crippen LogP contribution in [0.15, 0.2) is 42.5 Å². The van der Waals surface area contributed by atoms with Crippen LogP contribution in [-0.4, -0.2) is 5.78 Å². The van der Waals surface area contributed by atoms with E-state index in [-0.39, 0.29) is 5.78 Å². The molecule has 2 rings (SSSR count). The molecular weight excluding hydrogens is 234 g/mol. The Bertz CT molecular complexity index is 588. The minimum absolute atomic E-state index is 0.0761. The van der Waals surface area contributed by atoms with Gasteiger partial charge in [-0.05, 0) is 36.1 Å². The standard InChI is InChI=1S/C17H19NO/c1-3-13-14(4-2)16(18)11-10-15(13)17(19)12-8-6-5-7-9-12/h5-11H,3-4,18H2,1-2H3. The van der Waals surface area contributed by atoms with Crippen LogP contribution >= 0.6 is 0 Å². The molecule has 98 valence electrons. The Morgan fingerprint density at radius 2 is 1.58 bits per heavy atom. The van der Waals surface area contributed by atoms with Crippen LogP contribution in [0, 0.1) is 0 Å². The molecule has 0 radical (unpaired) electrons. The van der Waals surface area contributed by atoms with E-state index in [0.717, 1.165) is 40.8 Å². The van der Waals surface area contributed by atoms with Gasteiger partial charge in [0.2, 0.25) is 0 Å². The van der Waals surface area contributed by atoms with Crippen molar-refractivity contribution in [1.82, 2.24) is 0 Å². The van der Waals surface area contributed by atoms with E-state index in [1.54, 1.807) is 0 Å². The fourth-order valence-corrected chi connectivity index (χ4v) is 2.49. The third kappa shape index (κ3) is 2.53. The number of nitrogen functional groups attached to an aromatic ring is 1. The minimum atomic E-state index is 0.0761. The summed E-state index contributed by atoms with van der Waals surface area (Å²) in [6.07, 6.45) is 1.67. The number of carbonyl (C=O) groups is 1. The molecule has 0 atom stereocenters. The average Bonchev–Trinajstić information content (AvgIpc) is 2.47. The minimum Gasteiger partial charge on any atom is -0.398 e. The Labute approximate surface area is 114 Å². The number of nitrogens with two attached hydrogens (primary N) is 1. The van der Waals surface area contributed by atoms with Crippen LogP contribution in [0.5, 0.6) is 0 Å². The van der Waals surface area contributed by atoms with E-state index >= 15 is 0 Å². The molecule has 0 fully saturated rings. The van der Waals surface area contributed by atoms with Crippen molar-refractivity contribution in [2.24, 2.45) is 0 Å². The first kappa shape index (κ1) is 13.3. The van der Waals surface area contributed by atoms with Crippen molar-refractivity contribution in [2.45, 2.75) is 26.7 Å². The maximum atomic E-state index is 12.6. The number of ketones is 1. The molecule has 0 unspecified atom stereocenters. The van der Waals surface area contributed by atoms with Crippen molar-refractivity contribution in [3.63, 3.8) is 0 Å². The summed E-state index contributed by atoms with van der Waals surface area (Å²) >= 11 is 0. The maximum absolute atomic E-state index is 12.6. The number of anilines is 1. The largest absolute Gasteiger partial charge is 0.398 e. The Morgan fingerprint density at radius 1 is 0.947 bits per heavy atom. The fraction of sp³-hybridized carbons (Fsp3) is 0.235. The van der Waals surface area contributed by atoms with Gasteiger partial charge in [-0.2, -0.15) is 0 Å². The van der Waals surface area contributed by atoms with E-state index in [4.69, 9.17) is 5.73 Å². The second-order valence-corrected chi connectivity index (χ2v) is 4.56. The van der Waals surface area contributed by atoms with Crippen molar-refractivity contribution in [3.05, 3.63) is 64.7 Å². The highest BCUT2D eigenvalue weighted by Crippen LogP contribution is 2.24. The van der Waals surface area contributed by atoms with Gasteiger partial charge in [-0.15, -0.1) is 0 Å². The molecule has 0 aliphatic rings. The second-order valence-electron chi connectivity index (χ2n) is 4.56. The number of hydrogen-bond acceptors (Lipinski definition) is 2. The predicted octanol–water partition coefficient (Wildman–Crippen LogP) is 3.62. The quantitative estimate of drug-likeness (QED) is 0.668. The molecule has 0 spiro atoms. The van der Waals surface area contributed by atoms with Crippen LogP contribution in [0.1, 0.15) is 40.9 Å². The molecule has 2 N–H and O–H groups in total. The van der Waals surface area contributed by atoms with Crippen molar-refractivity contribution in [2.75, 3.05) is 5.73 Å². The summed E-state index contributed by atoms with van der Waals surface area (Å²) in [4.78, 5) is 12.6. The zero-order valence-corrected chi connectivity index (χ0v) is 11.4. The van der Waals surface area contributed by atoms with Gasteiger partial charge in [-0.1, -0.05) is 44.2 Å². The van der Waals surface area contributed by atoms with Crippen LogP contribution in [0.3, 0.4) is 0 Å². The lowest BCUT2D eigenvalue weighted by molar-refractivity contribution is 0.103. The van der Waals surface area contributed by atoms with Gasteiger partial charge in [0.25, 0.3) is 0 Å². The van der Waals surface area contributed by atoms with E-state index < -0.39 is 0 Å². The smallest absolute Gasteiger partial charge is 0.193 e. The molecule has 0 aromatic heterocycles. The molecule has 19 heavy (non-hydrogen) atoms. The van der Waals surface area contributed by atoms with E-state index in [2.05, 4.69) is 13.8 Å². The summed E-state index contributed by atoms with van der Waals surface area (Å²) in [5.41, 5.74) is 10.5. The van der Waals surface area contributed by atoms with E-state index in [1.807, 2.05) is 42.5 Å². The highest BCUT2D eigenvalue weighted by Gasteiger charge is 2.16. The molecule has 0 heterocycles. The maximum Gasteiger partial charge on any atom is 0.193 e. The van der Waals surface area contributed by atoms with Crippen molar-refractivity contribution in [1.29, 1.82) is 0 Å². The molecule has 0 aliphatic carbocycles. The molecule has 0 amide bonds. The number of carbonyl (C=O) groups excluding carboxylic acids is 1. The number of hydrogen-bond donors (Lipinski definition) is 1. The van der Waals surface area contributed by atoms with Gasteiger partial charge < -0.3 is 5.73 Å². The predicted molar refractivity (Wildman–Crippen MR) is 79.5 cm³/mol. The van der Waals surface area contributed by atoms with Gasteiger partial charge >= 0.3 is 0 Å². The topological polar surface area (TPSA) is 43.1 Å². The Morgan fingerprint density at radius 3 is 2.16 bits per heavy atom. The highest BCUT2D eigenvalue weighted by atomic mass is 16.1. The lowest BCUT2D eigenvalue weighted by Crippen LogP contribution is -2.09. The van der Waals surface area contributed by atoms with Gasteiger partial charge in [-0.3, -0.25) is 4.79 Å². The average molecular weight is 253 g/mol.